The molecule has 1 heteroatoms. The van der Waals surface area contributed by atoms with Gasteiger partial charge in [-0.1, -0.05) is 94.3 Å². The van der Waals surface area contributed by atoms with Crippen LogP contribution in [-0.4, -0.2) is 0 Å². The molecule has 0 N–H and O–H groups in total. The molecule has 0 radical (unpaired) electrons. The molecule has 0 aliphatic rings. The predicted molar refractivity (Wildman–Crippen MR) is 107 cm³/mol. The maximum atomic E-state index is 3.52. The molecular weight excluding hydrogens is 356 g/mol. The quantitative estimate of drug-likeness (QED) is 0.347. The van der Waals surface area contributed by atoms with E-state index in [1.165, 1.54) is 38.6 Å². The molecule has 0 aliphatic heterocycles. The lowest BCUT2D eigenvalue weighted by Gasteiger charge is -2.13. The number of hydrogen-bond acceptors (Lipinski definition) is 0. The Hall–Kier alpha value is -2.38. The van der Waals surface area contributed by atoms with Crippen molar-refractivity contribution in [1.82, 2.24) is 0 Å². The lowest BCUT2D eigenvalue weighted by atomic mass is 9.91. The highest BCUT2D eigenvalue weighted by atomic mass is 79.9. The first-order valence-corrected chi connectivity index (χ1v) is 8.86. The van der Waals surface area contributed by atoms with Crippen molar-refractivity contribution in [2.24, 2.45) is 0 Å². The lowest BCUT2D eigenvalue weighted by molar-refractivity contribution is 1.50. The molecule has 4 rings (SSSR count). The van der Waals surface area contributed by atoms with Gasteiger partial charge in [-0.2, -0.15) is 0 Å². The normalized spacial score (nSPS) is 10.9. The Morgan fingerprint density at radius 1 is 0.583 bits per heavy atom. The zero-order valence-electron chi connectivity index (χ0n) is 13.5. The van der Waals surface area contributed by atoms with Crippen LogP contribution in [-0.2, 0) is 0 Å². The molecule has 0 bridgehead atoms. The number of fused-ring (bicyclic) bond motifs is 1. The number of halogens is 1. The van der Waals surface area contributed by atoms with Gasteiger partial charge in [0.2, 0.25) is 0 Å². The summed E-state index contributed by atoms with van der Waals surface area (Å²) < 4.78 is 1.10. The van der Waals surface area contributed by atoms with E-state index in [1.54, 1.807) is 0 Å². The topological polar surface area (TPSA) is 0 Å². The van der Waals surface area contributed by atoms with Crippen LogP contribution in [0.3, 0.4) is 0 Å². The second-order valence-electron chi connectivity index (χ2n) is 6.08. The summed E-state index contributed by atoms with van der Waals surface area (Å²) in [4.78, 5) is 0. The fourth-order valence-electron chi connectivity index (χ4n) is 3.21. The number of benzene rings is 4. The molecule has 0 atom stereocenters. The number of hydrogen-bond donors (Lipinski definition) is 0. The zero-order valence-corrected chi connectivity index (χ0v) is 15.0. The van der Waals surface area contributed by atoms with Crippen molar-refractivity contribution < 1.29 is 0 Å². The van der Waals surface area contributed by atoms with Crippen LogP contribution in [0.4, 0.5) is 0 Å². The van der Waals surface area contributed by atoms with Crippen LogP contribution < -0.4 is 0 Å². The highest BCUT2D eigenvalue weighted by molar-refractivity contribution is 9.10. The van der Waals surface area contributed by atoms with E-state index in [2.05, 4.69) is 108 Å². The van der Waals surface area contributed by atoms with Gasteiger partial charge < -0.3 is 0 Å². The molecule has 0 aromatic heterocycles. The Bertz CT molecular complexity index is 999. The Kier molecular flexibility index (Phi) is 3.95. The Morgan fingerprint density at radius 2 is 1.21 bits per heavy atom. The van der Waals surface area contributed by atoms with Gasteiger partial charge in [0.1, 0.15) is 0 Å². The summed E-state index contributed by atoms with van der Waals surface area (Å²) in [5, 5.41) is 2.60. The summed E-state index contributed by atoms with van der Waals surface area (Å²) in [6, 6.07) is 30.4. The van der Waals surface area contributed by atoms with E-state index in [0.29, 0.717) is 0 Å². The fraction of sp³-hybridized carbons (Fsp3) is 0.0435. The van der Waals surface area contributed by atoms with E-state index >= 15 is 0 Å². The van der Waals surface area contributed by atoms with E-state index in [9.17, 15) is 0 Å². The highest BCUT2D eigenvalue weighted by Gasteiger charge is 2.09. The average Bonchev–Trinajstić information content (AvgIpc) is 2.62. The van der Waals surface area contributed by atoms with Crippen LogP contribution in [0, 0.1) is 6.92 Å². The van der Waals surface area contributed by atoms with Crippen molar-refractivity contribution in [3.05, 3.63) is 95.0 Å². The Morgan fingerprint density at radius 3 is 1.92 bits per heavy atom. The van der Waals surface area contributed by atoms with Gasteiger partial charge in [0.05, 0.1) is 0 Å². The summed E-state index contributed by atoms with van der Waals surface area (Å²) in [7, 11) is 0. The molecule has 0 saturated heterocycles. The molecule has 4 aromatic rings. The molecule has 0 spiro atoms. The molecule has 4 aromatic carbocycles. The minimum absolute atomic E-state index is 1.10. The molecule has 0 amide bonds. The van der Waals surface area contributed by atoms with Crippen molar-refractivity contribution in [3.8, 4) is 22.3 Å². The fourth-order valence-corrected chi connectivity index (χ4v) is 3.48. The van der Waals surface area contributed by atoms with Gasteiger partial charge in [0, 0.05) is 4.47 Å². The van der Waals surface area contributed by atoms with Gasteiger partial charge in [0.15, 0.2) is 0 Å². The van der Waals surface area contributed by atoms with Gasteiger partial charge in [-0.25, -0.2) is 0 Å². The van der Waals surface area contributed by atoms with Crippen molar-refractivity contribution in [3.63, 3.8) is 0 Å². The molecule has 0 heterocycles. The Labute approximate surface area is 150 Å². The third kappa shape index (κ3) is 2.76. The van der Waals surface area contributed by atoms with E-state index in [0.717, 1.165) is 4.47 Å². The Balaban J connectivity index is 2.00. The third-order valence-corrected chi connectivity index (χ3v) is 4.94. The van der Waals surface area contributed by atoms with E-state index in [4.69, 9.17) is 0 Å². The summed E-state index contributed by atoms with van der Waals surface area (Å²) >= 11 is 3.52. The van der Waals surface area contributed by atoms with Crippen LogP contribution in [0.5, 0.6) is 0 Å². The third-order valence-electron chi connectivity index (χ3n) is 4.41. The molecule has 116 valence electrons. The average molecular weight is 373 g/mol. The molecule has 0 nitrogen and oxygen atoms in total. The summed E-state index contributed by atoms with van der Waals surface area (Å²) in [5.41, 5.74) is 6.35. The molecule has 24 heavy (non-hydrogen) atoms. The second-order valence-corrected chi connectivity index (χ2v) is 7.00. The minimum atomic E-state index is 1.10. The molecule has 0 aliphatic carbocycles. The molecule has 0 saturated carbocycles. The monoisotopic (exact) mass is 372 g/mol. The maximum absolute atomic E-state index is 3.52. The molecule has 0 fully saturated rings. The number of aryl methyl sites for hydroxylation is 1. The largest absolute Gasteiger partial charge is 0.0622 e. The van der Waals surface area contributed by atoms with Crippen molar-refractivity contribution in [1.29, 1.82) is 0 Å². The second kappa shape index (κ2) is 6.26. The van der Waals surface area contributed by atoms with Crippen LogP contribution in [0.2, 0.25) is 0 Å². The van der Waals surface area contributed by atoms with Crippen LogP contribution >= 0.6 is 15.9 Å². The van der Waals surface area contributed by atoms with Crippen LogP contribution in [0.25, 0.3) is 33.0 Å². The number of rotatable bonds is 2. The predicted octanol–water partition coefficient (Wildman–Crippen LogP) is 7.24. The van der Waals surface area contributed by atoms with Crippen LogP contribution in [0.1, 0.15) is 5.56 Å². The zero-order chi connectivity index (χ0) is 16.5. The van der Waals surface area contributed by atoms with Crippen LogP contribution in [0.15, 0.2) is 89.4 Å². The first-order valence-electron chi connectivity index (χ1n) is 8.07. The maximum Gasteiger partial charge on any atom is 0.0175 e. The summed E-state index contributed by atoms with van der Waals surface area (Å²) in [6.07, 6.45) is 0. The van der Waals surface area contributed by atoms with Gasteiger partial charge in [-0.15, -0.1) is 0 Å². The van der Waals surface area contributed by atoms with Gasteiger partial charge in [0.25, 0.3) is 0 Å². The van der Waals surface area contributed by atoms with E-state index in [1.807, 2.05) is 0 Å². The highest BCUT2D eigenvalue weighted by Crippen LogP contribution is 2.36. The van der Waals surface area contributed by atoms with E-state index in [-0.39, 0.29) is 0 Å². The molecular formula is C23H17Br. The van der Waals surface area contributed by atoms with Gasteiger partial charge >= 0.3 is 0 Å². The van der Waals surface area contributed by atoms with Gasteiger partial charge in [-0.05, 0) is 52.1 Å². The van der Waals surface area contributed by atoms with Crippen molar-refractivity contribution in [2.75, 3.05) is 0 Å². The summed E-state index contributed by atoms with van der Waals surface area (Å²) in [6.45, 7) is 2.15. The molecule has 0 unspecified atom stereocenters. The van der Waals surface area contributed by atoms with Crippen molar-refractivity contribution in [2.45, 2.75) is 6.92 Å². The van der Waals surface area contributed by atoms with E-state index < -0.39 is 0 Å². The SMILES string of the molecule is Cc1ccc2c(-c3ccc(Br)cc3)ccc(-c3ccccc3)c2c1. The summed E-state index contributed by atoms with van der Waals surface area (Å²) in [5.74, 6) is 0. The first kappa shape index (κ1) is 15.2. The standard InChI is InChI=1S/C23H17Br/c1-16-7-12-22-20(18-8-10-19(24)11-9-18)13-14-21(23(22)15-16)17-5-3-2-4-6-17/h2-15H,1H3. The first-order chi connectivity index (χ1) is 11.7. The lowest BCUT2D eigenvalue weighted by Crippen LogP contribution is -1.87. The van der Waals surface area contributed by atoms with Gasteiger partial charge in [-0.3, -0.25) is 0 Å². The van der Waals surface area contributed by atoms with Crippen molar-refractivity contribution >= 4 is 26.7 Å². The smallest absolute Gasteiger partial charge is 0.0175 e. The minimum Gasteiger partial charge on any atom is -0.0622 e.